The minimum Gasteiger partial charge on any atom is -0.381 e. The highest BCUT2D eigenvalue weighted by molar-refractivity contribution is 5.81. The summed E-state index contributed by atoms with van der Waals surface area (Å²) >= 11 is 0. The van der Waals surface area contributed by atoms with Crippen LogP contribution in [0.25, 0.3) is 0 Å². The molecule has 0 radical (unpaired) electrons. The lowest BCUT2D eigenvalue weighted by Gasteiger charge is -2.15. The highest BCUT2D eigenvalue weighted by Crippen LogP contribution is 1.97. The number of carbonyl (C=O) groups is 1. The Balaban J connectivity index is 3.41. The zero-order valence-electron chi connectivity index (χ0n) is 11.0. The molecule has 0 aromatic carbocycles. The van der Waals surface area contributed by atoms with Gasteiger partial charge in [-0.15, -0.1) is 0 Å². The molecule has 3 N–H and O–H groups in total. The molecule has 0 saturated carbocycles. The van der Waals surface area contributed by atoms with Crippen LogP contribution in [0.2, 0.25) is 0 Å². The van der Waals surface area contributed by atoms with Gasteiger partial charge in [-0.1, -0.05) is 27.7 Å². The zero-order chi connectivity index (χ0) is 12.6. The van der Waals surface area contributed by atoms with Crippen LogP contribution in [0.1, 0.15) is 34.1 Å². The van der Waals surface area contributed by atoms with E-state index in [1.54, 1.807) is 0 Å². The summed E-state index contributed by atoms with van der Waals surface area (Å²) in [6.07, 6.45) is 0.837. The molecule has 4 heteroatoms. The molecule has 0 bridgehead atoms. The Kier molecular flexibility index (Phi) is 8.21. The number of rotatable bonds is 8. The lowest BCUT2D eigenvalue weighted by molar-refractivity contribution is -0.123. The second-order valence-corrected chi connectivity index (χ2v) is 4.88. The van der Waals surface area contributed by atoms with Crippen LogP contribution in [-0.4, -0.2) is 31.7 Å². The normalized spacial score (nSPS) is 13.2. The zero-order valence-corrected chi connectivity index (χ0v) is 11.0. The van der Waals surface area contributed by atoms with Gasteiger partial charge in [0, 0.05) is 19.8 Å². The van der Waals surface area contributed by atoms with Gasteiger partial charge in [-0.2, -0.15) is 0 Å². The Morgan fingerprint density at radius 3 is 2.44 bits per heavy atom. The number of carbonyl (C=O) groups excluding carboxylic acids is 1. The highest BCUT2D eigenvalue weighted by atomic mass is 16.5. The maximum Gasteiger partial charge on any atom is 0.237 e. The maximum atomic E-state index is 11.4. The van der Waals surface area contributed by atoms with Gasteiger partial charge in [0.05, 0.1) is 6.04 Å². The monoisotopic (exact) mass is 230 g/mol. The van der Waals surface area contributed by atoms with Crippen molar-refractivity contribution in [2.45, 2.75) is 40.2 Å². The third kappa shape index (κ3) is 7.65. The van der Waals surface area contributed by atoms with Crippen molar-refractivity contribution in [2.75, 3.05) is 19.8 Å². The molecule has 1 atom stereocenters. The largest absolute Gasteiger partial charge is 0.381 e. The number of ether oxygens (including phenoxy) is 1. The summed E-state index contributed by atoms with van der Waals surface area (Å²) in [6, 6.07) is -0.406. The van der Waals surface area contributed by atoms with Crippen molar-refractivity contribution in [2.24, 2.45) is 17.6 Å². The van der Waals surface area contributed by atoms with Gasteiger partial charge >= 0.3 is 0 Å². The molecule has 96 valence electrons. The summed E-state index contributed by atoms with van der Waals surface area (Å²) in [4.78, 5) is 11.4. The van der Waals surface area contributed by atoms with Gasteiger partial charge in [0.25, 0.3) is 0 Å². The van der Waals surface area contributed by atoms with Crippen molar-refractivity contribution in [1.29, 1.82) is 0 Å². The van der Waals surface area contributed by atoms with E-state index in [0.29, 0.717) is 19.1 Å². The maximum absolute atomic E-state index is 11.4. The minimum absolute atomic E-state index is 0.0705. The lowest BCUT2D eigenvalue weighted by atomic mass is 10.1. The van der Waals surface area contributed by atoms with Crippen molar-refractivity contribution >= 4 is 5.91 Å². The van der Waals surface area contributed by atoms with Crippen molar-refractivity contribution in [3.8, 4) is 0 Å². The summed E-state index contributed by atoms with van der Waals surface area (Å²) in [6.45, 7) is 10.2. The van der Waals surface area contributed by atoms with Crippen LogP contribution in [0.4, 0.5) is 0 Å². The number of nitrogens with one attached hydrogen (secondary N) is 1. The van der Waals surface area contributed by atoms with Gasteiger partial charge in [0.2, 0.25) is 5.91 Å². The Morgan fingerprint density at radius 1 is 1.31 bits per heavy atom. The van der Waals surface area contributed by atoms with E-state index in [4.69, 9.17) is 10.5 Å². The molecule has 0 spiro atoms. The van der Waals surface area contributed by atoms with Crippen LogP contribution in [0.15, 0.2) is 0 Å². The number of hydrogen-bond donors (Lipinski definition) is 2. The summed E-state index contributed by atoms with van der Waals surface area (Å²) in [5, 5.41) is 2.81. The molecule has 0 saturated heterocycles. The smallest absolute Gasteiger partial charge is 0.237 e. The van der Waals surface area contributed by atoms with Crippen LogP contribution in [0.5, 0.6) is 0 Å². The van der Waals surface area contributed by atoms with Crippen molar-refractivity contribution in [3.63, 3.8) is 0 Å². The van der Waals surface area contributed by atoms with Crippen molar-refractivity contribution < 1.29 is 9.53 Å². The minimum atomic E-state index is -0.406. The van der Waals surface area contributed by atoms with Crippen LogP contribution in [-0.2, 0) is 9.53 Å². The second kappa shape index (κ2) is 8.53. The molecule has 4 nitrogen and oxygen atoms in total. The van der Waals surface area contributed by atoms with Crippen LogP contribution >= 0.6 is 0 Å². The molecular weight excluding hydrogens is 204 g/mol. The first kappa shape index (κ1) is 15.4. The standard InChI is InChI=1S/C12H26N2O2/c1-9(2)8-16-7-5-6-14-12(15)11(13)10(3)4/h9-11H,5-8,13H2,1-4H3,(H,14,15)/t11-/m0/s1. The van der Waals surface area contributed by atoms with Crippen molar-refractivity contribution in [3.05, 3.63) is 0 Å². The van der Waals surface area contributed by atoms with E-state index in [2.05, 4.69) is 19.2 Å². The van der Waals surface area contributed by atoms with E-state index in [1.807, 2.05) is 13.8 Å². The van der Waals surface area contributed by atoms with E-state index < -0.39 is 6.04 Å². The van der Waals surface area contributed by atoms with Gasteiger partial charge in [0.15, 0.2) is 0 Å². The molecule has 0 aliphatic heterocycles. The van der Waals surface area contributed by atoms with Gasteiger partial charge < -0.3 is 15.8 Å². The molecular formula is C12H26N2O2. The molecule has 0 unspecified atom stereocenters. The highest BCUT2D eigenvalue weighted by Gasteiger charge is 2.15. The van der Waals surface area contributed by atoms with Crippen LogP contribution in [0.3, 0.4) is 0 Å². The predicted molar refractivity (Wildman–Crippen MR) is 66.1 cm³/mol. The molecule has 0 heterocycles. The Hall–Kier alpha value is -0.610. The van der Waals surface area contributed by atoms with E-state index in [-0.39, 0.29) is 11.8 Å². The SMILES string of the molecule is CC(C)COCCCNC(=O)[C@@H](N)C(C)C. The third-order valence-electron chi connectivity index (χ3n) is 2.24. The molecule has 0 fully saturated rings. The van der Waals surface area contributed by atoms with Gasteiger partial charge in [0.1, 0.15) is 0 Å². The number of nitrogens with two attached hydrogens (primary N) is 1. The Morgan fingerprint density at radius 2 is 1.94 bits per heavy atom. The number of hydrogen-bond acceptors (Lipinski definition) is 3. The first-order valence-electron chi connectivity index (χ1n) is 6.06. The van der Waals surface area contributed by atoms with Crippen LogP contribution < -0.4 is 11.1 Å². The molecule has 0 aromatic heterocycles. The fourth-order valence-electron chi connectivity index (χ4n) is 1.13. The average molecular weight is 230 g/mol. The average Bonchev–Trinajstić information content (AvgIpc) is 2.21. The topological polar surface area (TPSA) is 64.3 Å². The second-order valence-electron chi connectivity index (χ2n) is 4.88. The van der Waals surface area contributed by atoms with Crippen molar-refractivity contribution in [1.82, 2.24) is 5.32 Å². The quantitative estimate of drug-likeness (QED) is 0.615. The molecule has 0 aromatic rings. The number of amides is 1. The van der Waals surface area contributed by atoms with Crippen LogP contribution in [0, 0.1) is 11.8 Å². The van der Waals surface area contributed by atoms with Gasteiger partial charge in [-0.3, -0.25) is 4.79 Å². The lowest BCUT2D eigenvalue weighted by Crippen LogP contribution is -2.44. The Labute approximate surface area is 98.9 Å². The summed E-state index contributed by atoms with van der Waals surface area (Å²) in [5.74, 6) is 0.667. The molecule has 0 aliphatic carbocycles. The summed E-state index contributed by atoms with van der Waals surface area (Å²) in [5.41, 5.74) is 5.70. The van der Waals surface area contributed by atoms with E-state index in [0.717, 1.165) is 13.0 Å². The van der Waals surface area contributed by atoms with Gasteiger partial charge in [-0.05, 0) is 18.3 Å². The van der Waals surface area contributed by atoms with E-state index in [9.17, 15) is 4.79 Å². The van der Waals surface area contributed by atoms with E-state index in [1.165, 1.54) is 0 Å². The molecule has 16 heavy (non-hydrogen) atoms. The predicted octanol–water partition coefficient (Wildman–Crippen LogP) is 1.15. The first-order chi connectivity index (χ1) is 7.45. The summed E-state index contributed by atoms with van der Waals surface area (Å²) in [7, 11) is 0. The first-order valence-corrected chi connectivity index (χ1v) is 6.06. The molecule has 0 rings (SSSR count). The third-order valence-corrected chi connectivity index (χ3v) is 2.24. The summed E-state index contributed by atoms with van der Waals surface area (Å²) < 4.78 is 5.40. The van der Waals surface area contributed by atoms with E-state index >= 15 is 0 Å². The molecule has 0 aliphatic rings. The Bertz CT molecular complexity index is 193. The molecule has 1 amide bonds. The van der Waals surface area contributed by atoms with Gasteiger partial charge in [-0.25, -0.2) is 0 Å². The fourth-order valence-corrected chi connectivity index (χ4v) is 1.13. The fraction of sp³-hybridized carbons (Fsp3) is 0.917.